The van der Waals surface area contributed by atoms with Gasteiger partial charge in [0.05, 0.1) is 5.69 Å². The van der Waals surface area contributed by atoms with E-state index in [4.69, 9.17) is 4.74 Å². The summed E-state index contributed by atoms with van der Waals surface area (Å²) in [7, 11) is -0.957. The highest BCUT2D eigenvalue weighted by molar-refractivity contribution is 7.84. The number of rotatable bonds is 6. The maximum atomic E-state index is 12.0. The minimum Gasteiger partial charge on any atom is -0.455 e. The van der Waals surface area contributed by atoms with Gasteiger partial charge in [-0.15, -0.1) is 0 Å². The number of para-hydroxylation sites is 3. The summed E-state index contributed by atoms with van der Waals surface area (Å²) in [6.07, 6.45) is 1.61. The van der Waals surface area contributed by atoms with Crippen LogP contribution < -0.4 is 15.4 Å². The number of ether oxygens (including phenoxy) is 1. The highest BCUT2D eigenvalue weighted by atomic mass is 32.2. The molecule has 0 aromatic heterocycles. The molecule has 0 heterocycles. The van der Waals surface area contributed by atoms with Gasteiger partial charge in [0.25, 0.3) is 0 Å². The minimum atomic E-state index is -0.957. The first-order valence-corrected chi connectivity index (χ1v) is 8.97. The largest absolute Gasteiger partial charge is 0.455 e. The minimum absolute atomic E-state index is 0.178. The second kappa shape index (κ2) is 8.33. The van der Waals surface area contributed by atoms with Crippen LogP contribution in [0.5, 0.6) is 11.5 Å². The highest BCUT2D eigenvalue weighted by Gasteiger charge is 2.11. The van der Waals surface area contributed by atoms with Crippen molar-refractivity contribution in [2.45, 2.75) is 13.0 Å². The average Bonchev–Trinajstić information content (AvgIpc) is 2.49. The summed E-state index contributed by atoms with van der Waals surface area (Å²) in [6.45, 7) is 1.81. The van der Waals surface area contributed by atoms with Crippen molar-refractivity contribution < 1.29 is 13.7 Å². The van der Waals surface area contributed by atoms with Crippen LogP contribution >= 0.6 is 0 Å². The lowest BCUT2D eigenvalue weighted by molar-refractivity contribution is 0.250. The molecule has 0 fully saturated rings. The average molecular weight is 332 g/mol. The van der Waals surface area contributed by atoms with Gasteiger partial charge in [-0.2, -0.15) is 0 Å². The van der Waals surface area contributed by atoms with Crippen LogP contribution in [0.4, 0.5) is 10.5 Å². The summed E-state index contributed by atoms with van der Waals surface area (Å²) < 4.78 is 17.0. The van der Waals surface area contributed by atoms with Crippen molar-refractivity contribution >= 4 is 22.5 Å². The molecule has 0 aliphatic carbocycles. The van der Waals surface area contributed by atoms with Crippen molar-refractivity contribution in [3.8, 4) is 11.5 Å². The highest BCUT2D eigenvalue weighted by Crippen LogP contribution is 2.28. The first-order chi connectivity index (χ1) is 11.0. The Morgan fingerprint density at radius 3 is 2.48 bits per heavy atom. The Hall–Kier alpha value is -2.34. The predicted octanol–water partition coefficient (Wildman–Crippen LogP) is 3.37. The Balaban J connectivity index is 2.02. The zero-order valence-corrected chi connectivity index (χ0v) is 13.9. The second-order valence-corrected chi connectivity index (χ2v) is 6.63. The number of carbonyl (C=O) groups is 1. The van der Waals surface area contributed by atoms with Crippen LogP contribution in [0, 0.1) is 0 Å². The van der Waals surface area contributed by atoms with Gasteiger partial charge in [0, 0.05) is 28.9 Å². The third kappa shape index (κ3) is 5.75. The zero-order chi connectivity index (χ0) is 16.7. The first-order valence-electron chi connectivity index (χ1n) is 7.24. The molecule has 0 radical (unpaired) electrons. The molecule has 2 N–H and O–H groups in total. The summed E-state index contributed by atoms with van der Waals surface area (Å²) in [4.78, 5) is 12.0. The van der Waals surface area contributed by atoms with Crippen LogP contribution in [0.1, 0.15) is 6.92 Å². The van der Waals surface area contributed by atoms with Crippen LogP contribution in [0.25, 0.3) is 0 Å². The molecular weight excluding hydrogens is 312 g/mol. The lowest BCUT2D eigenvalue weighted by Crippen LogP contribution is -2.39. The third-order valence-electron chi connectivity index (χ3n) is 2.97. The van der Waals surface area contributed by atoms with E-state index in [1.165, 1.54) is 0 Å². The van der Waals surface area contributed by atoms with E-state index >= 15 is 0 Å². The van der Waals surface area contributed by atoms with Crippen molar-refractivity contribution in [2.24, 2.45) is 0 Å². The Labute approximate surface area is 138 Å². The van der Waals surface area contributed by atoms with Gasteiger partial charge in [0.2, 0.25) is 0 Å². The molecule has 0 aliphatic rings. The number of benzene rings is 2. The molecule has 2 rings (SSSR count). The lowest BCUT2D eigenvalue weighted by Gasteiger charge is -2.15. The number of carbonyl (C=O) groups excluding carboxylic acids is 1. The van der Waals surface area contributed by atoms with Crippen LogP contribution in [-0.4, -0.2) is 28.3 Å². The van der Waals surface area contributed by atoms with E-state index in [-0.39, 0.29) is 12.1 Å². The molecule has 0 unspecified atom stereocenters. The molecule has 0 saturated carbocycles. The van der Waals surface area contributed by atoms with Gasteiger partial charge < -0.3 is 15.4 Å². The number of hydrogen-bond acceptors (Lipinski definition) is 3. The number of nitrogens with one attached hydrogen (secondary N) is 2. The standard InChI is InChI=1S/C17H20N2O3S/c1-13(12-23(2)21)18-17(20)19-15-10-6-7-11-16(15)22-14-8-4-3-5-9-14/h3-11,13H,12H2,1-2H3,(H2,18,19,20)/t13-,23-/m1/s1. The van der Waals surface area contributed by atoms with Crippen molar-refractivity contribution in [2.75, 3.05) is 17.3 Å². The van der Waals surface area contributed by atoms with Crippen LogP contribution in [-0.2, 0) is 10.8 Å². The number of urea groups is 1. The van der Waals surface area contributed by atoms with Gasteiger partial charge in [-0.25, -0.2) is 4.79 Å². The maximum Gasteiger partial charge on any atom is 0.319 e. The first kappa shape index (κ1) is 17.0. The van der Waals surface area contributed by atoms with E-state index in [9.17, 15) is 9.00 Å². The summed E-state index contributed by atoms with van der Waals surface area (Å²) in [5.41, 5.74) is 0.568. The number of amides is 2. The fourth-order valence-corrected chi connectivity index (χ4v) is 2.84. The topological polar surface area (TPSA) is 67.4 Å². The Kier molecular flexibility index (Phi) is 6.17. The SMILES string of the molecule is C[C@H](C[S@@](C)=O)NC(=O)Nc1ccccc1Oc1ccccc1. The second-order valence-electron chi connectivity index (χ2n) is 5.15. The molecular formula is C17H20N2O3S. The van der Waals surface area contributed by atoms with Crippen molar-refractivity contribution in [1.29, 1.82) is 0 Å². The zero-order valence-electron chi connectivity index (χ0n) is 13.1. The van der Waals surface area contributed by atoms with Gasteiger partial charge in [-0.05, 0) is 31.2 Å². The molecule has 23 heavy (non-hydrogen) atoms. The summed E-state index contributed by atoms with van der Waals surface area (Å²) >= 11 is 0. The molecule has 0 bridgehead atoms. The molecule has 2 aromatic rings. The molecule has 2 amide bonds. The Bertz CT molecular complexity index is 677. The fraction of sp³-hybridized carbons (Fsp3) is 0.235. The molecule has 5 nitrogen and oxygen atoms in total. The molecule has 6 heteroatoms. The van der Waals surface area contributed by atoms with Crippen LogP contribution in [0.2, 0.25) is 0 Å². The molecule has 2 aromatic carbocycles. The van der Waals surface area contributed by atoms with Gasteiger partial charge in [-0.1, -0.05) is 30.3 Å². The van der Waals surface area contributed by atoms with Crippen molar-refractivity contribution in [1.82, 2.24) is 5.32 Å². The summed E-state index contributed by atoms with van der Waals surface area (Å²) in [5, 5.41) is 5.51. The third-order valence-corrected chi connectivity index (χ3v) is 3.94. The van der Waals surface area contributed by atoms with E-state index in [0.717, 1.165) is 0 Å². The number of anilines is 1. The molecule has 122 valence electrons. The monoisotopic (exact) mass is 332 g/mol. The quantitative estimate of drug-likeness (QED) is 0.852. The summed E-state index contributed by atoms with van der Waals surface area (Å²) in [6, 6.07) is 16.0. The van der Waals surface area contributed by atoms with Gasteiger partial charge in [0.1, 0.15) is 5.75 Å². The van der Waals surface area contributed by atoms with Gasteiger partial charge in [0.15, 0.2) is 5.75 Å². The van der Waals surface area contributed by atoms with Crippen LogP contribution in [0.15, 0.2) is 54.6 Å². The predicted molar refractivity (Wildman–Crippen MR) is 93.5 cm³/mol. The van der Waals surface area contributed by atoms with E-state index in [0.29, 0.717) is 22.9 Å². The van der Waals surface area contributed by atoms with E-state index in [1.54, 1.807) is 18.4 Å². The van der Waals surface area contributed by atoms with E-state index in [2.05, 4.69) is 10.6 Å². The van der Waals surface area contributed by atoms with Crippen LogP contribution in [0.3, 0.4) is 0 Å². The molecule has 0 spiro atoms. The smallest absolute Gasteiger partial charge is 0.319 e. The van der Waals surface area contributed by atoms with Gasteiger partial charge >= 0.3 is 6.03 Å². The summed E-state index contributed by atoms with van der Waals surface area (Å²) in [5.74, 6) is 1.66. The normalized spacial score (nSPS) is 13.0. The Morgan fingerprint density at radius 1 is 1.13 bits per heavy atom. The Morgan fingerprint density at radius 2 is 1.78 bits per heavy atom. The van der Waals surface area contributed by atoms with Crippen molar-refractivity contribution in [3.63, 3.8) is 0 Å². The molecule has 2 atom stereocenters. The van der Waals surface area contributed by atoms with E-state index in [1.807, 2.05) is 49.4 Å². The van der Waals surface area contributed by atoms with Crippen molar-refractivity contribution in [3.05, 3.63) is 54.6 Å². The van der Waals surface area contributed by atoms with Gasteiger partial charge in [-0.3, -0.25) is 4.21 Å². The maximum absolute atomic E-state index is 12.0. The number of hydrogen-bond donors (Lipinski definition) is 2. The molecule has 0 aliphatic heterocycles. The molecule has 0 saturated heterocycles. The lowest BCUT2D eigenvalue weighted by atomic mass is 10.3. The fourth-order valence-electron chi connectivity index (χ4n) is 2.05. The van der Waals surface area contributed by atoms with E-state index < -0.39 is 10.8 Å².